The first kappa shape index (κ1) is 12.0. The molecule has 1 fully saturated rings. The lowest BCUT2D eigenvalue weighted by Gasteiger charge is -2.38. The molecule has 0 unspecified atom stereocenters. The second kappa shape index (κ2) is 4.60. The molecule has 6 heteroatoms. The van der Waals surface area contributed by atoms with Gasteiger partial charge in [-0.05, 0) is 24.6 Å². The monoisotopic (exact) mass is 242 g/mol. The molecule has 0 bridgehead atoms. The maximum absolute atomic E-state index is 5.62. The van der Waals surface area contributed by atoms with Crippen molar-refractivity contribution in [3.63, 3.8) is 0 Å². The van der Waals surface area contributed by atoms with Crippen LogP contribution in [0.5, 0.6) is 0 Å². The van der Waals surface area contributed by atoms with Crippen molar-refractivity contribution >= 4 is 29.1 Å². The van der Waals surface area contributed by atoms with Crippen LogP contribution >= 0.6 is 17.3 Å². The van der Waals surface area contributed by atoms with Crippen LogP contribution in [0.25, 0.3) is 0 Å². The molecule has 0 spiro atoms. The van der Waals surface area contributed by atoms with Crippen LogP contribution < -0.4 is 5.14 Å². The van der Waals surface area contributed by atoms with E-state index in [1.807, 2.05) is 0 Å². The van der Waals surface area contributed by atoms with Crippen molar-refractivity contribution in [1.82, 2.24) is 0 Å². The van der Waals surface area contributed by atoms with Crippen LogP contribution in [-0.4, -0.2) is 13.2 Å². The van der Waals surface area contributed by atoms with Crippen molar-refractivity contribution in [3.8, 4) is 0 Å². The van der Waals surface area contributed by atoms with Crippen molar-refractivity contribution in [1.29, 1.82) is 0 Å². The fourth-order valence-corrected chi connectivity index (χ4v) is 3.41. The zero-order chi connectivity index (χ0) is 9.95. The SMILES string of the molecule is CCC1(CC)COP(=S)(S[NH3+])OC1. The van der Waals surface area contributed by atoms with Gasteiger partial charge in [0.2, 0.25) is 0 Å². The zero-order valence-corrected chi connectivity index (χ0v) is 10.6. The van der Waals surface area contributed by atoms with Crippen LogP contribution in [0, 0.1) is 5.41 Å². The van der Waals surface area contributed by atoms with Crippen molar-refractivity contribution < 1.29 is 14.2 Å². The molecule has 0 aromatic heterocycles. The quantitative estimate of drug-likeness (QED) is 0.607. The van der Waals surface area contributed by atoms with Crippen LogP contribution in [0.1, 0.15) is 26.7 Å². The van der Waals surface area contributed by atoms with Crippen LogP contribution in [0.15, 0.2) is 0 Å². The average Bonchev–Trinajstić information content (AvgIpc) is 2.20. The molecule has 1 aliphatic rings. The molecule has 0 saturated carbocycles. The predicted molar refractivity (Wildman–Crippen MR) is 59.7 cm³/mol. The normalized spacial score (nSPS) is 25.8. The molecule has 1 rings (SSSR count). The van der Waals surface area contributed by atoms with E-state index < -0.39 is 5.69 Å². The second-order valence-corrected chi connectivity index (χ2v) is 9.35. The summed E-state index contributed by atoms with van der Waals surface area (Å²) in [6.07, 6.45) is 2.17. The topological polar surface area (TPSA) is 46.1 Å². The van der Waals surface area contributed by atoms with E-state index in [9.17, 15) is 0 Å². The standard InChI is InChI=1S/C7H16NO2PS2/c1-3-7(4-2)5-9-11(12,13-8)10-6-7/h3-6,8H2,1-2H3/p+1. The molecule has 3 nitrogen and oxygen atoms in total. The molecule has 0 atom stereocenters. The smallest absolute Gasteiger partial charge is 0.305 e. The Morgan fingerprint density at radius 1 is 1.38 bits per heavy atom. The highest BCUT2D eigenvalue weighted by Crippen LogP contribution is 2.61. The van der Waals surface area contributed by atoms with Crippen LogP contribution in [0.4, 0.5) is 0 Å². The summed E-state index contributed by atoms with van der Waals surface area (Å²) >= 11 is 6.52. The van der Waals surface area contributed by atoms with Gasteiger partial charge in [0.05, 0.1) is 13.2 Å². The van der Waals surface area contributed by atoms with Gasteiger partial charge in [-0.25, -0.2) is 0 Å². The van der Waals surface area contributed by atoms with Gasteiger partial charge in [0.25, 0.3) is 0 Å². The van der Waals surface area contributed by atoms with E-state index >= 15 is 0 Å². The Morgan fingerprint density at radius 2 is 1.85 bits per heavy atom. The third-order valence-electron chi connectivity index (χ3n) is 2.72. The first-order chi connectivity index (χ1) is 6.10. The van der Waals surface area contributed by atoms with E-state index in [1.54, 1.807) is 0 Å². The first-order valence-electron chi connectivity index (χ1n) is 4.42. The summed E-state index contributed by atoms with van der Waals surface area (Å²) in [5.74, 6) is 0. The summed E-state index contributed by atoms with van der Waals surface area (Å²) in [5, 5.41) is 3.69. The highest BCUT2D eigenvalue weighted by Gasteiger charge is 2.38. The van der Waals surface area contributed by atoms with Crippen molar-refractivity contribution in [2.24, 2.45) is 5.41 Å². The van der Waals surface area contributed by atoms with Crippen molar-refractivity contribution in [3.05, 3.63) is 0 Å². The molecular weight excluding hydrogens is 225 g/mol. The number of rotatable bonds is 3. The van der Waals surface area contributed by atoms with Crippen LogP contribution in [0.3, 0.4) is 0 Å². The number of hydrogen-bond acceptors (Lipinski definition) is 4. The highest BCUT2D eigenvalue weighted by molar-refractivity contribution is 8.65. The Morgan fingerprint density at radius 3 is 2.15 bits per heavy atom. The molecular formula is C7H17NO2PS2+. The van der Waals surface area contributed by atoms with Gasteiger partial charge in [-0.2, -0.15) is 0 Å². The average molecular weight is 242 g/mol. The van der Waals surface area contributed by atoms with Crippen molar-refractivity contribution in [2.75, 3.05) is 13.2 Å². The van der Waals surface area contributed by atoms with E-state index in [0.717, 1.165) is 26.1 Å². The minimum Gasteiger partial charge on any atom is -0.317 e. The minimum atomic E-state index is -2.06. The van der Waals surface area contributed by atoms with Crippen molar-refractivity contribution in [2.45, 2.75) is 26.7 Å². The molecule has 1 saturated heterocycles. The van der Waals surface area contributed by atoms with Gasteiger partial charge in [-0.3, -0.25) is 5.14 Å². The summed E-state index contributed by atoms with van der Waals surface area (Å²) in [5.41, 5.74) is -1.87. The van der Waals surface area contributed by atoms with Gasteiger partial charge in [-0.15, -0.1) is 0 Å². The first-order valence-corrected chi connectivity index (χ1v) is 8.65. The van der Waals surface area contributed by atoms with Gasteiger partial charge in [0.1, 0.15) is 0 Å². The lowest BCUT2D eigenvalue weighted by molar-refractivity contribution is -0.134. The molecule has 0 aromatic carbocycles. The maximum Gasteiger partial charge on any atom is 0.305 e. The second-order valence-electron chi connectivity index (χ2n) is 3.33. The third kappa shape index (κ3) is 2.67. The maximum atomic E-state index is 5.62. The third-order valence-corrected chi connectivity index (χ3v) is 7.08. The van der Waals surface area contributed by atoms with E-state index in [0.29, 0.717) is 0 Å². The summed E-state index contributed by atoms with van der Waals surface area (Å²) in [6.45, 7) is 5.81. The summed E-state index contributed by atoms with van der Waals surface area (Å²) < 4.78 is 11.2. The predicted octanol–water partition coefficient (Wildman–Crippen LogP) is 1.95. The molecule has 78 valence electrons. The molecule has 0 amide bonds. The van der Waals surface area contributed by atoms with E-state index in [1.165, 1.54) is 11.6 Å². The van der Waals surface area contributed by atoms with E-state index in [4.69, 9.17) is 20.9 Å². The van der Waals surface area contributed by atoms with Crippen LogP contribution in [-0.2, 0) is 20.9 Å². The van der Waals surface area contributed by atoms with Gasteiger partial charge in [0.15, 0.2) is 11.6 Å². The minimum absolute atomic E-state index is 0.192. The van der Waals surface area contributed by atoms with Gasteiger partial charge >= 0.3 is 5.69 Å². The molecule has 0 radical (unpaired) electrons. The Balaban J connectivity index is 2.60. The summed E-state index contributed by atoms with van der Waals surface area (Å²) in [4.78, 5) is 0. The van der Waals surface area contributed by atoms with Crippen LogP contribution in [0.2, 0.25) is 0 Å². The zero-order valence-electron chi connectivity index (χ0n) is 8.12. The lowest BCUT2D eigenvalue weighted by atomic mass is 9.84. The molecule has 1 heterocycles. The molecule has 1 aliphatic heterocycles. The molecule has 0 aliphatic carbocycles. The Hall–Kier alpha value is 0.880. The Bertz CT molecular complexity index is 207. The fourth-order valence-electron chi connectivity index (χ4n) is 1.24. The largest absolute Gasteiger partial charge is 0.317 e. The Kier molecular flexibility index (Phi) is 4.23. The molecule has 3 N–H and O–H groups in total. The van der Waals surface area contributed by atoms with Gasteiger partial charge in [0, 0.05) is 5.41 Å². The Labute approximate surface area is 88.8 Å². The van der Waals surface area contributed by atoms with Gasteiger partial charge < -0.3 is 9.05 Å². The number of quaternary nitrogens is 1. The van der Waals surface area contributed by atoms with E-state index in [-0.39, 0.29) is 5.41 Å². The summed E-state index contributed by atoms with van der Waals surface area (Å²) in [6, 6.07) is 0. The lowest BCUT2D eigenvalue weighted by Crippen LogP contribution is -2.39. The summed E-state index contributed by atoms with van der Waals surface area (Å²) in [7, 11) is 0. The highest BCUT2D eigenvalue weighted by atomic mass is 32.9. The van der Waals surface area contributed by atoms with Gasteiger partial charge in [-0.1, -0.05) is 13.8 Å². The molecule has 0 aromatic rings. The molecule has 13 heavy (non-hydrogen) atoms. The fraction of sp³-hybridized carbons (Fsp3) is 1.00. The van der Waals surface area contributed by atoms with E-state index in [2.05, 4.69) is 19.0 Å². The number of hydrogen-bond donors (Lipinski definition) is 1.